The minimum absolute atomic E-state index is 0.900. The molecule has 0 fully saturated rings. The zero-order chi connectivity index (χ0) is 13.9. The van der Waals surface area contributed by atoms with E-state index in [1.807, 2.05) is 12.1 Å². The zero-order valence-corrected chi connectivity index (χ0v) is 13.5. The lowest BCUT2D eigenvalue weighted by atomic mass is 10.1. The molecule has 0 unspecified atom stereocenters. The Morgan fingerprint density at radius 1 is 1.10 bits per heavy atom. The average molecular weight is 344 g/mol. The molecule has 3 aromatic rings. The molecular weight excluding hydrogens is 330 g/mol. The lowest BCUT2D eigenvalue weighted by Crippen LogP contribution is -1.88. The molecule has 3 heteroatoms. The molecule has 0 atom stereocenters. The van der Waals surface area contributed by atoms with Crippen LogP contribution in [0.25, 0.3) is 11.3 Å². The summed E-state index contributed by atoms with van der Waals surface area (Å²) in [6, 6.07) is 16.8. The first-order chi connectivity index (χ1) is 9.72. The van der Waals surface area contributed by atoms with Crippen molar-refractivity contribution in [3.63, 3.8) is 0 Å². The van der Waals surface area contributed by atoms with Crippen LogP contribution in [0.5, 0.6) is 0 Å². The maximum atomic E-state index is 4.75. The molecule has 0 aliphatic heterocycles. The van der Waals surface area contributed by atoms with Crippen LogP contribution in [-0.4, -0.2) is 4.98 Å². The summed E-state index contributed by atoms with van der Waals surface area (Å²) >= 11 is 5.31. The smallest absolute Gasteiger partial charge is 0.0976 e. The first-order valence-corrected chi connectivity index (χ1v) is 8.14. The van der Waals surface area contributed by atoms with Gasteiger partial charge in [-0.2, -0.15) is 0 Å². The van der Waals surface area contributed by atoms with Crippen LogP contribution in [0.15, 0.2) is 58.4 Å². The SMILES string of the molecule is Cc1cccc(Cc2nc(-c3ccccc3Br)cs2)c1. The molecule has 1 nitrogen and oxygen atoms in total. The molecule has 0 aliphatic rings. The Hall–Kier alpha value is -1.45. The van der Waals surface area contributed by atoms with E-state index in [2.05, 4.69) is 64.6 Å². The molecule has 0 amide bonds. The number of benzene rings is 2. The maximum absolute atomic E-state index is 4.75. The Morgan fingerprint density at radius 2 is 1.95 bits per heavy atom. The average Bonchev–Trinajstić information content (AvgIpc) is 2.87. The van der Waals surface area contributed by atoms with Crippen LogP contribution in [-0.2, 0) is 6.42 Å². The monoisotopic (exact) mass is 343 g/mol. The fraction of sp³-hybridized carbons (Fsp3) is 0.118. The molecule has 0 spiro atoms. The lowest BCUT2D eigenvalue weighted by molar-refractivity contribution is 1.13. The van der Waals surface area contributed by atoms with Gasteiger partial charge in [0.1, 0.15) is 0 Å². The van der Waals surface area contributed by atoms with Crippen LogP contribution in [0.1, 0.15) is 16.1 Å². The molecule has 0 bridgehead atoms. The Morgan fingerprint density at radius 3 is 2.75 bits per heavy atom. The highest BCUT2D eigenvalue weighted by Gasteiger charge is 2.08. The van der Waals surface area contributed by atoms with Gasteiger partial charge in [0.15, 0.2) is 0 Å². The van der Waals surface area contributed by atoms with E-state index in [9.17, 15) is 0 Å². The van der Waals surface area contributed by atoms with Gasteiger partial charge in [0.25, 0.3) is 0 Å². The van der Waals surface area contributed by atoms with Gasteiger partial charge < -0.3 is 0 Å². The van der Waals surface area contributed by atoms with Gasteiger partial charge in [-0.1, -0.05) is 64.0 Å². The van der Waals surface area contributed by atoms with Crippen LogP contribution in [0.4, 0.5) is 0 Å². The third-order valence-corrected chi connectivity index (χ3v) is 4.68. The van der Waals surface area contributed by atoms with Crippen molar-refractivity contribution in [2.24, 2.45) is 0 Å². The standard InChI is InChI=1S/C17H14BrNS/c1-12-5-4-6-13(9-12)10-17-19-16(11-20-17)14-7-2-3-8-15(14)18/h2-9,11H,10H2,1H3. The predicted molar refractivity (Wildman–Crippen MR) is 89.2 cm³/mol. The van der Waals surface area contributed by atoms with Crippen molar-refractivity contribution in [2.75, 3.05) is 0 Å². The van der Waals surface area contributed by atoms with E-state index in [4.69, 9.17) is 4.98 Å². The maximum Gasteiger partial charge on any atom is 0.0976 e. The van der Waals surface area contributed by atoms with Gasteiger partial charge in [0, 0.05) is 21.8 Å². The quantitative estimate of drug-likeness (QED) is 0.614. The van der Waals surface area contributed by atoms with Gasteiger partial charge in [0.05, 0.1) is 10.7 Å². The molecular formula is C17H14BrNS. The summed E-state index contributed by atoms with van der Waals surface area (Å²) in [6.45, 7) is 2.12. The van der Waals surface area contributed by atoms with Gasteiger partial charge in [-0.15, -0.1) is 11.3 Å². The first kappa shape index (κ1) is 13.5. The van der Waals surface area contributed by atoms with Crippen LogP contribution in [0.2, 0.25) is 0 Å². The van der Waals surface area contributed by atoms with Gasteiger partial charge in [0.2, 0.25) is 0 Å². The highest BCUT2D eigenvalue weighted by Crippen LogP contribution is 2.29. The Bertz CT molecular complexity index is 733. The van der Waals surface area contributed by atoms with E-state index >= 15 is 0 Å². The fourth-order valence-electron chi connectivity index (χ4n) is 2.18. The fourth-order valence-corrected chi connectivity index (χ4v) is 3.50. The number of nitrogens with zero attached hydrogens (tertiary/aromatic N) is 1. The minimum atomic E-state index is 0.900. The van der Waals surface area contributed by atoms with Crippen molar-refractivity contribution in [3.8, 4) is 11.3 Å². The van der Waals surface area contributed by atoms with Crippen LogP contribution in [0.3, 0.4) is 0 Å². The van der Waals surface area contributed by atoms with Crippen molar-refractivity contribution in [2.45, 2.75) is 13.3 Å². The van der Waals surface area contributed by atoms with E-state index in [1.165, 1.54) is 11.1 Å². The number of aromatic nitrogens is 1. The van der Waals surface area contributed by atoms with E-state index in [0.717, 1.165) is 27.2 Å². The second-order valence-electron chi connectivity index (χ2n) is 4.77. The van der Waals surface area contributed by atoms with Crippen molar-refractivity contribution < 1.29 is 0 Å². The van der Waals surface area contributed by atoms with Crippen LogP contribution in [0, 0.1) is 6.92 Å². The van der Waals surface area contributed by atoms with Gasteiger partial charge in [-0.25, -0.2) is 4.98 Å². The summed E-state index contributed by atoms with van der Waals surface area (Å²) in [7, 11) is 0. The second-order valence-corrected chi connectivity index (χ2v) is 6.57. The summed E-state index contributed by atoms with van der Waals surface area (Å²) < 4.78 is 1.09. The normalized spacial score (nSPS) is 10.7. The van der Waals surface area contributed by atoms with Crippen LogP contribution < -0.4 is 0 Å². The largest absolute Gasteiger partial charge is 0.241 e. The molecule has 2 aromatic carbocycles. The number of hydrogen-bond acceptors (Lipinski definition) is 2. The van der Waals surface area contributed by atoms with Crippen molar-refractivity contribution >= 4 is 27.3 Å². The summed E-state index contributed by atoms with van der Waals surface area (Å²) in [4.78, 5) is 4.75. The Kier molecular flexibility index (Phi) is 3.99. The van der Waals surface area contributed by atoms with Crippen molar-refractivity contribution in [3.05, 3.63) is 74.5 Å². The third-order valence-electron chi connectivity index (χ3n) is 3.14. The van der Waals surface area contributed by atoms with E-state index in [-0.39, 0.29) is 0 Å². The molecule has 100 valence electrons. The molecule has 0 aliphatic carbocycles. The molecule has 20 heavy (non-hydrogen) atoms. The zero-order valence-electron chi connectivity index (χ0n) is 11.1. The van der Waals surface area contributed by atoms with Gasteiger partial charge >= 0.3 is 0 Å². The van der Waals surface area contributed by atoms with Crippen molar-refractivity contribution in [1.82, 2.24) is 4.98 Å². The Labute approximate surface area is 131 Å². The highest BCUT2D eigenvalue weighted by molar-refractivity contribution is 9.10. The summed E-state index contributed by atoms with van der Waals surface area (Å²) in [5.74, 6) is 0. The van der Waals surface area contributed by atoms with E-state index < -0.39 is 0 Å². The van der Waals surface area contributed by atoms with Crippen LogP contribution >= 0.6 is 27.3 Å². The number of aryl methyl sites for hydroxylation is 1. The number of thiazole rings is 1. The molecule has 1 heterocycles. The molecule has 1 aromatic heterocycles. The number of hydrogen-bond donors (Lipinski definition) is 0. The third kappa shape index (κ3) is 3.00. The highest BCUT2D eigenvalue weighted by atomic mass is 79.9. The summed E-state index contributed by atoms with van der Waals surface area (Å²) in [6.07, 6.45) is 0.900. The Balaban J connectivity index is 1.86. The summed E-state index contributed by atoms with van der Waals surface area (Å²) in [5.41, 5.74) is 4.81. The molecule has 0 N–H and O–H groups in total. The van der Waals surface area contributed by atoms with Gasteiger partial charge in [-0.3, -0.25) is 0 Å². The molecule has 0 saturated carbocycles. The molecule has 0 radical (unpaired) electrons. The second kappa shape index (κ2) is 5.90. The molecule has 3 rings (SSSR count). The lowest BCUT2D eigenvalue weighted by Gasteiger charge is -2.01. The van der Waals surface area contributed by atoms with Gasteiger partial charge in [-0.05, 0) is 18.6 Å². The first-order valence-electron chi connectivity index (χ1n) is 6.47. The number of rotatable bonds is 3. The topological polar surface area (TPSA) is 12.9 Å². The summed E-state index contributed by atoms with van der Waals surface area (Å²) in [5, 5.41) is 3.28. The predicted octanol–water partition coefficient (Wildman–Crippen LogP) is 5.47. The number of halogens is 1. The van der Waals surface area contributed by atoms with Crippen molar-refractivity contribution in [1.29, 1.82) is 0 Å². The minimum Gasteiger partial charge on any atom is -0.241 e. The molecule has 0 saturated heterocycles. The van der Waals surface area contributed by atoms with E-state index in [0.29, 0.717) is 0 Å². The van der Waals surface area contributed by atoms with E-state index in [1.54, 1.807) is 11.3 Å².